The Balaban J connectivity index is 2.45. The van der Waals surface area contributed by atoms with Crippen LogP contribution in [0.25, 0.3) is 5.69 Å². The van der Waals surface area contributed by atoms with Gasteiger partial charge in [0.15, 0.2) is 0 Å². The highest BCUT2D eigenvalue weighted by molar-refractivity contribution is 9.10. The molecule has 1 aromatic heterocycles. The van der Waals surface area contributed by atoms with Crippen LogP contribution in [0.15, 0.2) is 28.9 Å². The number of anilines is 1. The molecule has 1 aromatic carbocycles. The minimum Gasteiger partial charge on any atom is -0.353 e. The molecule has 0 atom stereocenters. The van der Waals surface area contributed by atoms with Gasteiger partial charge in [-0.25, -0.2) is 4.98 Å². The van der Waals surface area contributed by atoms with Crippen LogP contribution in [0, 0.1) is 6.92 Å². The van der Waals surface area contributed by atoms with Crippen molar-refractivity contribution in [1.82, 2.24) is 9.55 Å². The van der Waals surface area contributed by atoms with E-state index in [0.29, 0.717) is 11.1 Å². The number of hydrogen-bond donors (Lipinski definition) is 1. The van der Waals surface area contributed by atoms with Gasteiger partial charge in [-0.15, -0.1) is 0 Å². The van der Waals surface area contributed by atoms with Gasteiger partial charge in [-0.2, -0.15) is 0 Å². The lowest BCUT2D eigenvalue weighted by Crippen LogP contribution is -2.13. The van der Waals surface area contributed by atoms with E-state index < -0.39 is 0 Å². The number of benzene rings is 1. The largest absolute Gasteiger partial charge is 0.353 e. The quantitative estimate of drug-likeness (QED) is 0.904. The van der Waals surface area contributed by atoms with Gasteiger partial charge in [0, 0.05) is 16.7 Å². The first-order chi connectivity index (χ1) is 8.47. The lowest BCUT2D eigenvalue weighted by Gasteiger charge is -2.12. The molecule has 0 fully saturated rings. The number of aromatic nitrogens is 2. The van der Waals surface area contributed by atoms with Crippen molar-refractivity contribution in [3.63, 3.8) is 0 Å². The number of imidazole rings is 1. The van der Waals surface area contributed by atoms with E-state index in [1.807, 2.05) is 35.9 Å². The van der Waals surface area contributed by atoms with Crippen molar-refractivity contribution in [1.29, 1.82) is 0 Å². The molecular formula is C13H15BrClN3. The zero-order valence-electron chi connectivity index (χ0n) is 10.5. The average Bonchev–Trinajstić information content (AvgIpc) is 2.62. The van der Waals surface area contributed by atoms with Gasteiger partial charge in [-0.1, -0.05) is 11.6 Å². The van der Waals surface area contributed by atoms with Gasteiger partial charge in [0.1, 0.15) is 0 Å². The van der Waals surface area contributed by atoms with Crippen LogP contribution in [0.3, 0.4) is 0 Å². The average molecular weight is 329 g/mol. The number of rotatable bonds is 3. The number of hydrogen-bond acceptors (Lipinski definition) is 2. The normalized spacial score (nSPS) is 11.0. The van der Waals surface area contributed by atoms with E-state index in [1.54, 1.807) is 0 Å². The minimum absolute atomic E-state index is 0.330. The summed E-state index contributed by atoms with van der Waals surface area (Å²) in [6.07, 6.45) is 1.99. The highest BCUT2D eigenvalue weighted by Crippen LogP contribution is 2.26. The van der Waals surface area contributed by atoms with E-state index in [9.17, 15) is 0 Å². The summed E-state index contributed by atoms with van der Waals surface area (Å²) < 4.78 is 2.90. The van der Waals surface area contributed by atoms with Crippen LogP contribution in [-0.4, -0.2) is 15.6 Å². The number of nitrogens with one attached hydrogen (secondary N) is 1. The van der Waals surface area contributed by atoms with E-state index in [1.165, 1.54) is 0 Å². The summed E-state index contributed by atoms with van der Waals surface area (Å²) >= 11 is 9.52. The van der Waals surface area contributed by atoms with Crippen molar-refractivity contribution in [2.24, 2.45) is 0 Å². The van der Waals surface area contributed by atoms with Crippen LogP contribution >= 0.6 is 27.5 Å². The number of nitrogens with zero attached hydrogens (tertiary/aromatic N) is 2. The molecule has 0 saturated carbocycles. The molecule has 0 radical (unpaired) electrons. The maximum Gasteiger partial charge on any atom is 0.207 e. The molecule has 0 amide bonds. The number of halogens is 2. The summed E-state index contributed by atoms with van der Waals surface area (Å²) in [5.41, 5.74) is 1.96. The van der Waals surface area contributed by atoms with Gasteiger partial charge in [0.25, 0.3) is 0 Å². The second kappa shape index (κ2) is 5.33. The highest BCUT2D eigenvalue weighted by Gasteiger charge is 2.09. The first-order valence-electron chi connectivity index (χ1n) is 5.75. The molecule has 2 rings (SSSR count). The molecule has 0 aliphatic rings. The van der Waals surface area contributed by atoms with Crippen molar-refractivity contribution in [2.75, 3.05) is 5.32 Å². The van der Waals surface area contributed by atoms with Crippen molar-refractivity contribution < 1.29 is 0 Å². The van der Waals surface area contributed by atoms with Crippen LogP contribution < -0.4 is 5.32 Å². The third kappa shape index (κ3) is 2.87. The highest BCUT2D eigenvalue weighted by atomic mass is 79.9. The Labute approximate surface area is 120 Å². The molecule has 0 bridgehead atoms. The lowest BCUT2D eigenvalue weighted by molar-refractivity contribution is 0.864. The molecule has 0 spiro atoms. The van der Waals surface area contributed by atoms with E-state index in [2.05, 4.69) is 40.1 Å². The predicted octanol–water partition coefficient (Wildman–Crippen LogP) is 4.42. The SMILES string of the molecule is Cc1cn(-c2ccc(Br)c(Cl)c2)c(NC(C)C)n1. The predicted molar refractivity (Wildman–Crippen MR) is 79.8 cm³/mol. The molecule has 0 aliphatic carbocycles. The maximum absolute atomic E-state index is 6.13. The van der Waals surface area contributed by atoms with E-state index in [0.717, 1.165) is 21.8 Å². The van der Waals surface area contributed by atoms with E-state index >= 15 is 0 Å². The minimum atomic E-state index is 0.330. The molecule has 5 heteroatoms. The second-order valence-corrected chi connectivity index (χ2v) is 5.73. The fourth-order valence-corrected chi connectivity index (χ4v) is 2.11. The molecular weight excluding hydrogens is 314 g/mol. The molecule has 0 unspecified atom stereocenters. The van der Waals surface area contributed by atoms with Gasteiger partial charge in [-0.3, -0.25) is 4.57 Å². The summed E-state index contributed by atoms with van der Waals surface area (Å²) in [4.78, 5) is 4.48. The Kier molecular flexibility index (Phi) is 3.97. The van der Waals surface area contributed by atoms with E-state index in [4.69, 9.17) is 11.6 Å². The molecule has 3 nitrogen and oxygen atoms in total. The van der Waals surface area contributed by atoms with Crippen LogP contribution in [-0.2, 0) is 0 Å². The Hall–Kier alpha value is -1.00. The van der Waals surface area contributed by atoms with Crippen LogP contribution in [0.1, 0.15) is 19.5 Å². The van der Waals surface area contributed by atoms with Crippen LogP contribution in [0.2, 0.25) is 5.02 Å². The fourth-order valence-electron chi connectivity index (χ4n) is 1.69. The third-order valence-corrected chi connectivity index (χ3v) is 3.66. The van der Waals surface area contributed by atoms with E-state index in [-0.39, 0.29) is 0 Å². The third-order valence-electron chi connectivity index (χ3n) is 2.43. The smallest absolute Gasteiger partial charge is 0.207 e. The Morgan fingerprint density at radius 3 is 2.72 bits per heavy atom. The number of aryl methyl sites for hydroxylation is 1. The molecule has 2 aromatic rings. The first-order valence-corrected chi connectivity index (χ1v) is 6.92. The molecule has 1 heterocycles. The standard InChI is InChI=1S/C13H15BrClN3/c1-8(2)16-13-17-9(3)7-18(13)10-4-5-11(14)12(15)6-10/h4-8H,1-3H3,(H,16,17). The first kappa shape index (κ1) is 13.4. The van der Waals surface area contributed by atoms with Gasteiger partial charge in [0.2, 0.25) is 5.95 Å². The summed E-state index contributed by atoms with van der Waals surface area (Å²) in [5.74, 6) is 0.834. The molecule has 1 N–H and O–H groups in total. The van der Waals surface area contributed by atoms with Crippen molar-refractivity contribution in [2.45, 2.75) is 26.8 Å². The summed E-state index contributed by atoms with van der Waals surface area (Å²) in [6.45, 7) is 6.15. The monoisotopic (exact) mass is 327 g/mol. The van der Waals surface area contributed by atoms with Crippen molar-refractivity contribution >= 4 is 33.5 Å². The Morgan fingerprint density at radius 1 is 1.39 bits per heavy atom. The molecule has 96 valence electrons. The van der Waals surface area contributed by atoms with Crippen LogP contribution in [0.5, 0.6) is 0 Å². The Bertz CT molecular complexity index is 563. The Morgan fingerprint density at radius 2 is 2.11 bits per heavy atom. The molecule has 0 saturated heterocycles. The second-order valence-electron chi connectivity index (χ2n) is 4.47. The summed E-state index contributed by atoms with van der Waals surface area (Å²) in [6, 6.07) is 6.18. The van der Waals surface area contributed by atoms with Crippen molar-refractivity contribution in [3.8, 4) is 5.69 Å². The van der Waals surface area contributed by atoms with Gasteiger partial charge >= 0.3 is 0 Å². The molecule has 0 aliphatic heterocycles. The summed E-state index contributed by atoms with van der Waals surface area (Å²) in [5, 5.41) is 4.01. The lowest BCUT2D eigenvalue weighted by atomic mass is 10.3. The topological polar surface area (TPSA) is 29.9 Å². The summed E-state index contributed by atoms with van der Waals surface area (Å²) in [7, 11) is 0. The fraction of sp³-hybridized carbons (Fsp3) is 0.308. The zero-order valence-corrected chi connectivity index (χ0v) is 12.9. The zero-order chi connectivity index (χ0) is 13.3. The van der Waals surface area contributed by atoms with Crippen LogP contribution in [0.4, 0.5) is 5.95 Å². The van der Waals surface area contributed by atoms with Gasteiger partial charge in [-0.05, 0) is 54.9 Å². The maximum atomic E-state index is 6.13. The van der Waals surface area contributed by atoms with Gasteiger partial charge < -0.3 is 5.32 Å². The van der Waals surface area contributed by atoms with Crippen molar-refractivity contribution in [3.05, 3.63) is 39.6 Å². The van der Waals surface area contributed by atoms with Gasteiger partial charge in [0.05, 0.1) is 16.4 Å². The molecule has 18 heavy (non-hydrogen) atoms.